The first-order chi connectivity index (χ1) is 12.1. The quantitative estimate of drug-likeness (QED) is 0.566. The first-order valence-corrected chi connectivity index (χ1v) is 8.73. The Bertz CT molecular complexity index is 919. The van der Waals surface area contributed by atoms with Gasteiger partial charge in [-0.15, -0.1) is 0 Å². The number of rotatable bonds is 6. The number of anilines is 1. The molecule has 0 aliphatic rings. The number of fused-ring (bicyclic) bond motifs is 1. The molecule has 3 aromatic carbocycles. The van der Waals surface area contributed by atoms with Crippen molar-refractivity contribution in [3.05, 3.63) is 70.2 Å². The SMILES string of the molecule is Cc1cc(Br)c(NCCOc2cccc3ccccc23)c(C(=O)O)c1. The Hall–Kier alpha value is -2.53. The normalized spacial score (nSPS) is 10.6. The Kier molecular flexibility index (Phi) is 5.24. The van der Waals surface area contributed by atoms with Crippen molar-refractivity contribution >= 4 is 38.4 Å². The van der Waals surface area contributed by atoms with Gasteiger partial charge < -0.3 is 15.2 Å². The molecule has 0 fully saturated rings. The summed E-state index contributed by atoms with van der Waals surface area (Å²) in [4.78, 5) is 11.4. The molecular weight excluding hydrogens is 382 g/mol. The number of ether oxygens (including phenoxy) is 1. The van der Waals surface area contributed by atoms with Crippen LogP contribution in [-0.2, 0) is 0 Å². The van der Waals surface area contributed by atoms with Crippen LogP contribution in [0.2, 0.25) is 0 Å². The smallest absolute Gasteiger partial charge is 0.337 e. The van der Waals surface area contributed by atoms with Crippen molar-refractivity contribution < 1.29 is 14.6 Å². The lowest BCUT2D eigenvalue weighted by Gasteiger charge is -2.14. The lowest BCUT2D eigenvalue weighted by Crippen LogP contribution is -2.14. The number of carbonyl (C=O) groups is 1. The molecule has 0 saturated carbocycles. The molecule has 0 unspecified atom stereocenters. The Morgan fingerprint density at radius 1 is 1.16 bits per heavy atom. The summed E-state index contributed by atoms with van der Waals surface area (Å²) in [6, 6.07) is 17.5. The zero-order valence-corrected chi connectivity index (χ0v) is 15.3. The molecule has 3 aromatic rings. The molecule has 0 bridgehead atoms. The number of halogens is 1. The summed E-state index contributed by atoms with van der Waals surface area (Å²) in [5.74, 6) is -0.136. The van der Waals surface area contributed by atoms with Crippen LogP contribution in [0.3, 0.4) is 0 Å². The average molecular weight is 400 g/mol. The van der Waals surface area contributed by atoms with E-state index in [0.717, 1.165) is 26.6 Å². The topological polar surface area (TPSA) is 58.6 Å². The van der Waals surface area contributed by atoms with Gasteiger partial charge in [0.1, 0.15) is 12.4 Å². The van der Waals surface area contributed by atoms with Gasteiger partial charge in [0.25, 0.3) is 0 Å². The first kappa shape index (κ1) is 17.3. The molecule has 0 spiro atoms. The minimum atomic E-state index is -0.957. The van der Waals surface area contributed by atoms with Crippen molar-refractivity contribution in [1.29, 1.82) is 0 Å². The van der Waals surface area contributed by atoms with Gasteiger partial charge in [-0.05, 0) is 52.0 Å². The maximum absolute atomic E-state index is 11.4. The van der Waals surface area contributed by atoms with Gasteiger partial charge in [0.05, 0.1) is 11.3 Å². The summed E-state index contributed by atoms with van der Waals surface area (Å²) in [7, 11) is 0. The third kappa shape index (κ3) is 3.94. The summed E-state index contributed by atoms with van der Waals surface area (Å²) in [5, 5.41) is 14.7. The Morgan fingerprint density at radius 2 is 1.92 bits per heavy atom. The number of aryl methyl sites for hydroxylation is 1. The Morgan fingerprint density at radius 3 is 2.72 bits per heavy atom. The molecular formula is C20H18BrNO3. The van der Waals surface area contributed by atoms with Gasteiger partial charge >= 0.3 is 5.97 Å². The number of aromatic carboxylic acids is 1. The summed E-state index contributed by atoms with van der Waals surface area (Å²) in [5.41, 5.74) is 1.71. The van der Waals surface area contributed by atoms with E-state index in [0.29, 0.717) is 18.8 Å². The van der Waals surface area contributed by atoms with Gasteiger partial charge in [0.15, 0.2) is 0 Å². The third-order valence-electron chi connectivity index (χ3n) is 3.88. The molecule has 0 aliphatic carbocycles. The molecule has 0 atom stereocenters. The van der Waals surface area contributed by atoms with Crippen LogP contribution in [0.4, 0.5) is 5.69 Å². The predicted molar refractivity (Wildman–Crippen MR) is 104 cm³/mol. The van der Waals surface area contributed by atoms with E-state index >= 15 is 0 Å². The van der Waals surface area contributed by atoms with Crippen molar-refractivity contribution in [2.24, 2.45) is 0 Å². The lowest BCUT2D eigenvalue weighted by molar-refractivity contribution is 0.0697. The van der Waals surface area contributed by atoms with E-state index in [2.05, 4.69) is 21.2 Å². The van der Waals surface area contributed by atoms with Gasteiger partial charge in [-0.1, -0.05) is 36.4 Å². The van der Waals surface area contributed by atoms with Crippen molar-refractivity contribution in [3.8, 4) is 5.75 Å². The number of carboxylic acid groups (broad SMARTS) is 1. The fourth-order valence-electron chi connectivity index (χ4n) is 2.75. The number of carboxylic acids is 1. The van der Waals surface area contributed by atoms with Crippen molar-refractivity contribution in [2.45, 2.75) is 6.92 Å². The van der Waals surface area contributed by atoms with Crippen molar-refractivity contribution in [2.75, 3.05) is 18.5 Å². The van der Waals surface area contributed by atoms with E-state index in [1.807, 2.05) is 55.5 Å². The standard InChI is InChI=1S/C20H18BrNO3/c1-13-11-16(20(23)24)19(17(21)12-13)22-9-10-25-18-8-4-6-14-5-2-3-7-15(14)18/h2-8,11-12,22H,9-10H2,1H3,(H,23,24). The highest BCUT2D eigenvalue weighted by molar-refractivity contribution is 9.10. The van der Waals surface area contributed by atoms with Gasteiger partial charge in [-0.2, -0.15) is 0 Å². The van der Waals surface area contributed by atoms with Gasteiger partial charge in [-0.25, -0.2) is 4.79 Å². The summed E-state index contributed by atoms with van der Waals surface area (Å²) < 4.78 is 6.61. The zero-order valence-electron chi connectivity index (χ0n) is 13.8. The van der Waals surface area contributed by atoms with E-state index < -0.39 is 5.97 Å². The van der Waals surface area contributed by atoms with E-state index in [-0.39, 0.29) is 5.56 Å². The fourth-order valence-corrected chi connectivity index (χ4v) is 3.46. The van der Waals surface area contributed by atoms with Crippen LogP contribution in [0.15, 0.2) is 59.1 Å². The maximum Gasteiger partial charge on any atom is 0.337 e. The second-order valence-corrected chi connectivity index (χ2v) is 6.58. The van der Waals surface area contributed by atoms with Crippen LogP contribution in [0, 0.1) is 6.92 Å². The maximum atomic E-state index is 11.4. The summed E-state index contributed by atoms with van der Waals surface area (Å²) in [6.07, 6.45) is 0. The van der Waals surface area contributed by atoms with Crippen molar-refractivity contribution in [1.82, 2.24) is 0 Å². The van der Waals surface area contributed by atoms with Gasteiger partial charge in [0.2, 0.25) is 0 Å². The molecule has 0 aromatic heterocycles. The zero-order chi connectivity index (χ0) is 17.8. The minimum absolute atomic E-state index is 0.247. The van der Waals surface area contributed by atoms with Crippen LogP contribution >= 0.6 is 15.9 Å². The second-order valence-electron chi connectivity index (χ2n) is 5.73. The first-order valence-electron chi connectivity index (χ1n) is 7.94. The highest BCUT2D eigenvalue weighted by Gasteiger charge is 2.14. The summed E-state index contributed by atoms with van der Waals surface area (Å²) >= 11 is 3.43. The van der Waals surface area contributed by atoms with Gasteiger partial charge in [0, 0.05) is 16.4 Å². The number of nitrogens with one attached hydrogen (secondary N) is 1. The highest BCUT2D eigenvalue weighted by Crippen LogP contribution is 2.29. The third-order valence-corrected chi connectivity index (χ3v) is 4.50. The molecule has 0 heterocycles. The van der Waals surface area contributed by atoms with Crippen molar-refractivity contribution in [3.63, 3.8) is 0 Å². The lowest BCUT2D eigenvalue weighted by atomic mass is 10.1. The predicted octanol–water partition coefficient (Wildman–Crippen LogP) is 5.10. The van der Waals surface area contributed by atoms with Gasteiger partial charge in [-0.3, -0.25) is 0 Å². The van der Waals surface area contributed by atoms with E-state index in [4.69, 9.17) is 4.74 Å². The molecule has 4 nitrogen and oxygen atoms in total. The second kappa shape index (κ2) is 7.57. The Labute approximate surface area is 154 Å². The van der Waals surface area contributed by atoms with E-state index in [1.165, 1.54) is 0 Å². The summed E-state index contributed by atoms with van der Waals surface area (Å²) in [6.45, 7) is 2.78. The molecule has 2 N–H and O–H groups in total. The molecule has 128 valence electrons. The van der Waals surface area contributed by atoms with Crippen LogP contribution in [0.5, 0.6) is 5.75 Å². The van der Waals surface area contributed by atoms with Crippen LogP contribution in [0.1, 0.15) is 15.9 Å². The molecule has 0 saturated heterocycles. The monoisotopic (exact) mass is 399 g/mol. The number of hydrogen-bond donors (Lipinski definition) is 2. The highest BCUT2D eigenvalue weighted by atomic mass is 79.9. The largest absolute Gasteiger partial charge is 0.491 e. The van der Waals surface area contributed by atoms with Crippen LogP contribution in [0.25, 0.3) is 10.8 Å². The molecule has 25 heavy (non-hydrogen) atoms. The van der Waals surface area contributed by atoms with Crippen LogP contribution in [-0.4, -0.2) is 24.2 Å². The average Bonchev–Trinajstić information content (AvgIpc) is 2.59. The van der Waals surface area contributed by atoms with Crippen LogP contribution < -0.4 is 10.1 Å². The number of benzene rings is 3. The fraction of sp³-hybridized carbons (Fsp3) is 0.150. The molecule has 3 rings (SSSR count). The molecule has 0 radical (unpaired) electrons. The van der Waals surface area contributed by atoms with E-state index in [1.54, 1.807) is 6.07 Å². The van der Waals surface area contributed by atoms with E-state index in [9.17, 15) is 9.90 Å². The minimum Gasteiger partial charge on any atom is -0.491 e. The molecule has 0 aliphatic heterocycles. The molecule has 5 heteroatoms. The molecule has 0 amide bonds. The number of hydrogen-bond acceptors (Lipinski definition) is 3. The Balaban J connectivity index is 1.69.